The van der Waals surface area contributed by atoms with E-state index in [9.17, 15) is 8.42 Å². The molecule has 0 saturated heterocycles. The monoisotopic (exact) mass is 387 g/mol. The predicted molar refractivity (Wildman–Crippen MR) is 112 cm³/mol. The van der Waals surface area contributed by atoms with Gasteiger partial charge in [0.15, 0.2) is 5.03 Å². The molecule has 1 aromatic carbocycles. The Kier molecular flexibility index (Phi) is 6.58. The van der Waals surface area contributed by atoms with Crippen LogP contribution in [0.2, 0.25) is 13.1 Å². The van der Waals surface area contributed by atoms with E-state index >= 15 is 0 Å². The van der Waals surface area contributed by atoms with E-state index in [2.05, 4.69) is 50.1 Å². The molecule has 3 nitrogen and oxygen atoms in total. The Morgan fingerprint density at radius 1 is 1.04 bits per heavy atom. The van der Waals surface area contributed by atoms with Gasteiger partial charge < -0.3 is 0 Å². The van der Waals surface area contributed by atoms with Gasteiger partial charge in [0.05, 0.1) is 5.25 Å². The van der Waals surface area contributed by atoms with Crippen LogP contribution in [-0.4, -0.2) is 26.7 Å². The standard InChI is InChI=1S/C21H29NO2SSi/c1-17(2)14-15-20(26(4,5)19-11-7-6-8-12-19)18(3)25(23,24)21-13-9-10-16-22-21/h6-13,15-18H,14H2,1-5H3/b20-15+. The van der Waals surface area contributed by atoms with E-state index < -0.39 is 23.2 Å². The molecule has 5 heteroatoms. The minimum absolute atomic E-state index is 0.154. The van der Waals surface area contributed by atoms with Gasteiger partial charge >= 0.3 is 0 Å². The SMILES string of the molecule is CC(C)C/C=C(\C(C)S(=O)(=O)c1ccccn1)[Si](C)(C)c1ccccc1. The Labute approximate surface area is 159 Å². The van der Waals surface area contributed by atoms with E-state index in [1.807, 2.05) is 25.1 Å². The summed E-state index contributed by atoms with van der Waals surface area (Å²) in [5.74, 6) is 0.482. The van der Waals surface area contributed by atoms with Gasteiger partial charge in [-0.3, -0.25) is 0 Å². The van der Waals surface area contributed by atoms with Crippen LogP contribution < -0.4 is 5.19 Å². The minimum Gasteiger partial charge on any atom is -0.245 e. The van der Waals surface area contributed by atoms with E-state index in [4.69, 9.17) is 0 Å². The molecule has 2 aromatic rings. The van der Waals surface area contributed by atoms with E-state index in [0.29, 0.717) is 5.92 Å². The summed E-state index contributed by atoms with van der Waals surface area (Å²) in [6, 6.07) is 15.4. The van der Waals surface area contributed by atoms with Crippen molar-refractivity contribution in [3.05, 3.63) is 66.0 Å². The average Bonchev–Trinajstić information content (AvgIpc) is 2.62. The summed E-state index contributed by atoms with van der Waals surface area (Å²) in [7, 11) is -5.65. The van der Waals surface area contributed by atoms with E-state index in [1.165, 1.54) is 11.4 Å². The van der Waals surface area contributed by atoms with Crippen molar-refractivity contribution in [2.24, 2.45) is 5.92 Å². The lowest BCUT2D eigenvalue weighted by Gasteiger charge is -2.31. The van der Waals surface area contributed by atoms with Crippen molar-refractivity contribution >= 4 is 23.1 Å². The van der Waals surface area contributed by atoms with Crippen molar-refractivity contribution in [2.75, 3.05) is 0 Å². The fourth-order valence-corrected chi connectivity index (χ4v) is 8.80. The first-order chi connectivity index (χ1) is 12.2. The van der Waals surface area contributed by atoms with Gasteiger partial charge in [0.2, 0.25) is 9.84 Å². The topological polar surface area (TPSA) is 47.0 Å². The molecule has 0 aliphatic rings. The van der Waals surface area contributed by atoms with Crippen LogP contribution in [0, 0.1) is 5.92 Å². The molecule has 140 valence electrons. The van der Waals surface area contributed by atoms with Crippen molar-refractivity contribution in [1.82, 2.24) is 4.98 Å². The first kappa shape index (κ1) is 20.6. The van der Waals surface area contributed by atoms with Crippen molar-refractivity contribution in [2.45, 2.75) is 50.6 Å². The molecular formula is C21H29NO2SSi. The highest BCUT2D eigenvalue weighted by Crippen LogP contribution is 2.28. The van der Waals surface area contributed by atoms with Crippen LogP contribution in [0.25, 0.3) is 0 Å². The lowest BCUT2D eigenvalue weighted by Crippen LogP contribution is -2.48. The number of hydrogen-bond donors (Lipinski definition) is 0. The number of aromatic nitrogens is 1. The molecule has 2 rings (SSSR count). The highest BCUT2D eigenvalue weighted by Gasteiger charge is 2.38. The van der Waals surface area contributed by atoms with Crippen molar-refractivity contribution in [1.29, 1.82) is 0 Å². The van der Waals surface area contributed by atoms with Crippen LogP contribution in [0.1, 0.15) is 27.2 Å². The summed E-state index contributed by atoms with van der Waals surface area (Å²) in [4.78, 5) is 4.10. The fraction of sp³-hybridized carbons (Fsp3) is 0.381. The highest BCUT2D eigenvalue weighted by atomic mass is 32.2. The maximum absolute atomic E-state index is 13.2. The summed E-state index contributed by atoms with van der Waals surface area (Å²) in [6.07, 6.45) is 4.59. The molecule has 0 N–H and O–H groups in total. The van der Waals surface area contributed by atoms with Crippen LogP contribution in [0.3, 0.4) is 0 Å². The Morgan fingerprint density at radius 3 is 2.19 bits per heavy atom. The van der Waals surface area contributed by atoms with Crippen molar-refractivity contribution < 1.29 is 8.42 Å². The summed E-state index contributed by atoms with van der Waals surface area (Å²) < 4.78 is 26.4. The normalized spacial score (nSPS) is 14.5. The molecule has 0 aliphatic heterocycles. The van der Waals surface area contributed by atoms with E-state index in [-0.39, 0.29) is 5.03 Å². The van der Waals surface area contributed by atoms with Gasteiger partial charge in [-0.1, -0.05) is 79.8 Å². The van der Waals surface area contributed by atoms with Gasteiger partial charge in [0.1, 0.15) is 8.07 Å². The Hall–Kier alpha value is -1.72. The van der Waals surface area contributed by atoms with Crippen LogP contribution in [0.4, 0.5) is 0 Å². The third-order valence-corrected chi connectivity index (χ3v) is 10.9. The predicted octanol–water partition coefficient (Wildman–Crippen LogP) is 4.37. The third kappa shape index (κ3) is 4.51. The minimum atomic E-state index is -3.52. The van der Waals surface area contributed by atoms with E-state index in [0.717, 1.165) is 11.6 Å². The number of pyridine rings is 1. The van der Waals surface area contributed by atoms with Crippen LogP contribution in [0.5, 0.6) is 0 Å². The van der Waals surface area contributed by atoms with Crippen LogP contribution in [0.15, 0.2) is 71.0 Å². The summed E-state index contributed by atoms with van der Waals surface area (Å²) in [6.45, 7) is 10.6. The summed E-state index contributed by atoms with van der Waals surface area (Å²) in [5.41, 5.74) is 0. The van der Waals surface area contributed by atoms with E-state index in [1.54, 1.807) is 18.2 Å². The Balaban J connectivity index is 2.53. The first-order valence-electron chi connectivity index (χ1n) is 9.08. The number of allylic oxidation sites excluding steroid dienone is 1. The van der Waals surface area contributed by atoms with Gasteiger partial charge in [-0.15, -0.1) is 0 Å². The first-order valence-corrected chi connectivity index (χ1v) is 13.6. The molecule has 0 bridgehead atoms. The summed E-state index contributed by atoms with van der Waals surface area (Å²) in [5, 5.41) is 1.87. The third-order valence-electron chi connectivity index (χ3n) is 4.86. The molecule has 0 amide bonds. The largest absolute Gasteiger partial charge is 0.245 e. The maximum atomic E-state index is 13.2. The highest BCUT2D eigenvalue weighted by molar-refractivity contribution is 7.92. The second kappa shape index (κ2) is 8.31. The Morgan fingerprint density at radius 2 is 1.65 bits per heavy atom. The molecular weight excluding hydrogens is 358 g/mol. The van der Waals surface area contributed by atoms with Crippen molar-refractivity contribution in [3.8, 4) is 0 Å². The van der Waals surface area contributed by atoms with Gasteiger partial charge in [-0.25, -0.2) is 13.4 Å². The fourth-order valence-electron chi connectivity index (χ4n) is 3.18. The molecule has 0 spiro atoms. The molecule has 0 aliphatic carbocycles. The lowest BCUT2D eigenvalue weighted by molar-refractivity contribution is 0.586. The number of rotatable bonds is 7. The average molecular weight is 388 g/mol. The molecule has 0 saturated carbocycles. The molecule has 0 radical (unpaired) electrons. The van der Waals surface area contributed by atoms with Gasteiger partial charge in [0, 0.05) is 6.20 Å². The second-order valence-corrected chi connectivity index (χ2v) is 14.3. The molecule has 1 atom stereocenters. The number of hydrogen-bond acceptors (Lipinski definition) is 3. The quantitative estimate of drug-likeness (QED) is 0.663. The molecule has 0 fully saturated rings. The zero-order valence-corrected chi connectivity index (χ0v) is 18.1. The molecule has 1 heterocycles. The number of sulfone groups is 1. The van der Waals surface area contributed by atoms with Gasteiger partial charge in [0.25, 0.3) is 0 Å². The number of benzene rings is 1. The molecule has 26 heavy (non-hydrogen) atoms. The second-order valence-electron chi connectivity index (χ2n) is 7.64. The number of nitrogens with zero attached hydrogens (tertiary/aromatic N) is 1. The molecule has 1 unspecified atom stereocenters. The van der Waals surface area contributed by atoms with Gasteiger partial charge in [-0.05, 0) is 31.4 Å². The smallest absolute Gasteiger partial charge is 0.201 e. The summed E-state index contributed by atoms with van der Waals surface area (Å²) >= 11 is 0. The Bertz CT molecular complexity index is 844. The van der Waals surface area contributed by atoms with Gasteiger partial charge in [-0.2, -0.15) is 0 Å². The molecule has 1 aromatic heterocycles. The zero-order chi connectivity index (χ0) is 19.4. The van der Waals surface area contributed by atoms with Crippen LogP contribution in [-0.2, 0) is 9.84 Å². The maximum Gasteiger partial charge on any atom is 0.201 e. The zero-order valence-electron chi connectivity index (χ0n) is 16.3. The lowest BCUT2D eigenvalue weighted by atomic mass is 10.1. The van der Waals surface area contributed by atoms with Crippen molar-refractivity contribution in [3.63, 3.8) is 0 Å². The van der Waals surface area contributed by atoms with Crippen LogP contribution >= 0.6 is 0 Å².